The number of carbonyl (C=O) groups excluding carboxylic acids is 1. The molecule has 0 aromatic carbocycles. The van der Waals surface area contributed by atoms with E-state index in [4.69, 9.17) is 5.73 Å². The number of aromatic amines is 1. The summed E-state index contributed by atoms with van der Waals surface area (Å²) in [6, 6.07) is 0.483. The maximum Gasteiger partial charge on any atom is 0.282 e. The average molecular weight is 444 g/mol. The minimum Gasteiger partial charge on any atom is -0.348 e. The number of amides is 1. The molecule has 0 bridgehead atoms. The number of hydrogen-bond acceptors (Lipinski definition) is 6. The number of carbonyl (C=O) groups is 1. The van der Waals surface area contributed by atoms with Crippen molar-refractivity contribution in [1.82, 2.24) is 40.3 Å². The molecule has 3 aromatic rings. The van der Waals surface area contributed by atoms with Gasteiger partial charge in [-0.1, -0.05) is 0 Å². The number of rotatable bonds is 8. The number of alkyl halides is 2. The van der Waals surface area contributed by atoms with E-state index in [1.807, 2.05) is 0 Å². The lowest BCUT2D eigenvalue weighted by Crippen LogP contribution is -2.53. The molecule has 3 aromatic heterocycles. The molecule has 3 rings (SSSR count). The molecule has 0 aliphatic carbocycles. The number of aromatic nitrogens is 7. The molecule has 0 aliphatic rings. The quantitative estimate of drug-likeness (QED) is 0.479. The first-order valence-corrected chi connectivity index (χ1v) is 8.92. The summed E-state index contributed by atoms with van der Waals surface area (Å²) >= 11 is 0. The first-order chi connectivity index (χ1) is 13.6. The predicted molar refractivity (Wildman–Crippen MR) is 107 cm³/mol. The van der Waals surface area contributed by atoms with Crippen LogP contribution in [0.3, 0.4) is 0 Å². The lowest BCUT2D eigenvalue weighted by atomic mass is 10.0. The summed E-state index contributed by atoms with van der Waals surface area (Å²) < 4.78 is 29.3. The van der Waals surface area contributed by atoms with E-state index in [1.54, 1.807) is 38.0 Å². The smallest absolute Gasteiger partial charge is 0.282 e. The number of nitrogens with one attached hydrogen (secondary N) is 2. The molecular formula is C17H24ClF2N9O. The fraction of sp³-hybridized carbons (Fsp3) is 0.471. The summed E-state index contributed by atoms with van der Waals surface area (Å²) in [5.41, 5.74) is 6.42. The number of nitrogens with zero attached hydrogens (tertiary/aromatic N) is 6. The molecule has 0 fully saturated rings. The van der Waals surface area contributed by atoms with Crippen molar-refractivity contribution in [2.45, 2.75) is 44.8 Å². The minimum absolute atomic E-state index is 0. The summed E-state index contributed by atoms with van der Waals surface area (Å²) in [5.74, 6) is -0.358. The van der Waals surface area contributed by atoms with Crippen molar-refractivity contribution in [3.8, 4) is 11.4 Å². The van der Waals surface area contributed by atoms with Crippen molar-refractivity contribution in [3.63, 3.8) is 0 Å². The van der Waals surface area contributed by atoms with E-state index in [0.717, 1.165) is 5.56 Å². The maximum atomic E-state index is 13.1. The second-order valence-corrected chi connectivity index (χ2v) is 7.47. The molecule has 3 heterocycles. The molecule has 10 nitrogen and oxygen atoms in total. The van der Waals surface area contributed by atoms with E-state index in [0.29, 0.717) is 17.8 Å². The molecule has 0 radical (unpaired) electrons. The summed E-state index contributed by atoms with van der Waals surface area (Å²) in [6.07, 6.45) is 2.46. The topological polar surface area (TPSA) is 132 Å². The first kappa shape index (κ1) is 23.4. The molecule has 1 atom stereocenters. The van der Waals surface area contributed by atoms with Crippen LogP contribution in [0.1, 0.15) is 31.5 Å². The van der Waals surface area contributed by atoms with E-state index in [9.17, 15) is 13.6 Å². The normalized spacial score (nSPS) is 12.6. The highest BCUT2D eigenvalue weighted by Gasteiger charge is 2.28. The van der Waals surface area contributed by atoms with Crippen LogP contribution < -0.4 is 11.1 Å². The fourth-order valence-corrected chi connectivity index (χ4v) is 2.96. The molecule has 13 heteroatoms. The van der Waals surface area contributed by atoms with Crippen molar-refractivity contribution in [2.24, 2.45) is 12.8 Å². The zero-order valence-corrected chi connectivity index (χ0v) is 17.5. The largest absolute Gasteiger partial charge is 0.348 e. The number of nitrogens with two attached hydrogens (primary N) is 1. The molecule has 0 aliphatic heterocycles. The Bertz CT molecular complexity index is 968. The Morgan fingerprint density at radius 3 is 2.67 bits per heavy atom. The van der Waals surface area contributed by atoms with Crippen LogP contribution >= 0.6 is 12.4 Å². The van der Waals surface area contributed by atoms with Gasteiger partial charge in [0.25, 0.3) is 6.43 Å². The van der Waals surface area contributed by atoms with Crippen LogP contribution in [0.25, 0.3) is 11.4 Å². The Morgan fingerprint density at radius 1 is 1.37 bits per heavy atom. The number of hydrogen-bond donors (Lipinski definition) is 3. The van der Waals surface area contributed by atoms with Crippen LogP contribution in [0.5, 0.6) is 0 Å². The second-order valence-electron chi connectivity index (χ2n) is 7.47. The fourth-order valence-electron chi connectivity index (χ4n) is 2.96. The van der Waals surface area contributed by atoms with Gasteiger partial charge in [-0.25, -0.2) is 8.78 Å². The Balaban J connectivity index is 0.00000320. The van der Waals surface area contributed by atoms with Crippen LogP contribution in [0, 0.1) is 0 Å². The number of halogens is 3. The molecule has 0 unspecified atom stereocenters. The van der Waals surface area contributed by atoms with Crippen molar-refractivity contribution < 1.29 is 13.6 Å². The van der Waals surface area contributed by atoms with Gasteiger partial charge in [-0.15, -0.1) is 12.4 Å². The van der Waals surface area contributed by atoms with Gasteiger partial charge in [-0.05, 0) is 31.9 Å². The van der Waals surface area contributed by atoms with E-state index < -0.39 is 18.0 Å². The lowest BCUT2D eigenvalue weighted by Gasteiger charge is -2.28. The van der Waals surface area contributed by atoms with Gasteiger partial charge in [0.15, 0.2) is 0 Å². The average Bonchev–Trinajstić information content (AvgIpc) is 3.35. The van der Waals surface area contributed by atoms with E-state index in [2.05, 4.69) is 30.9 Å². The molecule has 0 saturated carbocycles. The van der Waals surface area contributed by atoms with Crippen LogP contribution in [-0.4, -0.2) is 52.5 Å². The SMILES string of the molecule is Cl.Cn1cc(C[C@@H](N)C(=O)NC(C)(C)Cn2nc(C(F)F)cc2-c2cn[nH]n2)cn1. The van der Waals surface area contributed by atoms with Crippen LogP contribution in [-0.2, 0) is 24.8 Å². The van der Waals surface area contributed by atoms with Crippen LogP contribution in [0.2, 0.25) is 0 Å². The third-order valence-corrected chi connectivity index (χ3v) is 4.26. The van der Waals surface area contributed by atoms with Gasteiger partial charge < -0.3 is 11.1 Å². The minimum atomic E-state index is -2.73. The van der Waals surface area contributed by atoms with E-state index in [-0.39, 0.29) is 30.6 Å². The molecular weight excluding hydrogens is 420 g/mol. The van der Waals surface area contributed by atoms with Gasteiger partial charge >= 0.3 is 0 Å². The summed E-state index contributed by atoms with van der Waals surface area (Å²) in [4.78, 5) is 12.5. The van der Waals surface area contributed by atoms with Crippen LogP contribution in [0.4, 0.5) is 8.78 Å². The van der Waals surface area contributed by atoms with Gasteiger partial charge in [0.05, 0.1) is 36.2 Å². The van der Waals surface area contributed by atoms with Crippen molar-refractivity contribution >= 4 is 18.3 Å². The maximum absolute atomic E-state index is 13.1. The molecule has 4 N–H and O–H groups in total. The van der Waals surface area contributed by atoms with Crippen LogP contribution in [0.15, 0.2) is 24.7 Å². The third kappa shape index (κ3) is 5.60. The predicted octanol–water partition coefficient (Wildman–Crippen LogP) is 1.23. The second kappa shape index (κ2) is 9.30. The number of H-pyrrole nitrogens is 1. The van der Waals surface area contributed by atoms with Gasteiger partial charge in [0, 0.05) is 13.2 Å². The zero-order valence-electron chi connectivity index (χ0n) is 16.7. The molecule has 0 spiro atoms. The third-order valence-electron chi connectivity index (χ3n) is 4.26. The molecule has 164 valence electrons. The van der Waals surface area contributed by atoms with Gasteiger partial charge in [-0.2, -0.15) is 25.6 Å². The highest BCUT2D eigenvalue weighted by molar-refractivity contribution is 5.85. The number of aryl methyl sites for hydroxylation is 1. The van der Waals surface area contributed by atoms with E-state index in [1.165, 1.54) is 16.9 Å². The molecule has 30 heavy (non-hydrogen) atoms. The molecule has 1 amide bonds. The Morgan fingerprint density at radius 2 is 2.10 bits per heavy atom. The Hall–Kier alpha value is -2.86. The highest BCUT2D eigenvalue weighted by Crippen LogP contribution is 2.25. The van der Waals surface area contributed by atoms with Crippen molar-refractivity contribution in [3.05, 3.63) is 35.9 Å². The summed E-state index contributed by atoms with van der Waals surface area (Å²) in [7, 11) is 1.78. The van der Waals surface area contributed by atoms with Gasteiger partial charge in [-0.3, -0.25) is 14.2 Å². The lowest BCUT2D eigenvalue weighted by molar-refractivity contribution is -0.124. The van der Waals surface area contributed by atoms with Gasteiger partial charge in [0.2, 0.25) is 5.91 Å². The standard InChI is InChI=1S/C17H23F2N9O.ClH/c1-17(2,23-16(29)11(20)4-10-6-22-27(3)8-10)9-28-14(13-7-21-26-24-13)5-12(25-28)15(18)19;/h5-8,11,15H,4,9,20H2,1-3H3,(H,23,29)(H,21,24,26);1H/t11-;/m1./s1. The highest BCUT2D eigenvalue weighted by atomic mass is 35.5. The van der Waals surface area contributed by atoms with E-state index >= 15 is 0 Å². The zero-order chi connectivity index (χ0) is 21.2. The Kier molecular flexibility index (Phi) is 7.26. The summed E-state index contributed by atoms with van der Waals surface area (Å²) in [5, 5.41) is 21.0. The first-order valence-electron chi connectivity index (χ1n) is 8.92. The summed E-state index contributed by atoms with van der Waals surface area (Å²) in [6.45, 7) is 3.66. The van der Waals surface area contributed by atoms with Crippen molar-refractivity contribution in [1.29, 1.82) is 0 Å². The van der Waals surface area contributed by atoms with Crippen molar-refractivity contribution in [2.75, 3.05) is 0 Å². The molecule has 0 saturated heterocycles. The van der Waals surface area contributed by atoms with Gasteiger partial charge in [0.1, 0.15) is 11.4 Å². The monoisotopic (exact) mass is 443 g/mol. The Labute approximate surface area is 177 Å².